The molecule has 0 saturated carbocycles. The van der Waals surface area contributed by atoms with Gasteiger partial charge in [0.1, 0.15) is 6.04 Å². The average Bonchev–Trinajstić information content (AvgIpc) is 2.97. The van der Waals surface area contributed by atoms with Crippen LogP contribution in [0.5, 0.6) is 0 Å². The van der Waals surface area contributed by atoms with E-state index >= 15 is 0 Å². The largest absolute Gasteiger partial charge is 0.480 e. The molecule has 27 heavy (non-hydrogen) atoms. The molecule has 2 unspecified atom stereocenters. The van der Waals surface area contributed by atoms with Crippen LogP contribution in [0.1, 0.15) is 44.1 Å². The number of rotatable bonds is 8. The Morgan fingerprint density at radius 2 is 1.93 bits per heavy atom. The predicted molar refractivity (Wildman–Crippen MR) is 100 cm³/mol. The first-order valence-electron chi connectivity index (χ1n) is 8.93. The third-order valence-electron chi connectivity index (χ3n) is 4.38. The third kappa shape index (κ3) is 5.05. The number of amides is 1. The van der Waals surface area contributed by atoms with Crippen LogP contribution in [0.3, 0.4) is 0 Å². The molecule has 0 aliphatic heterocycles. The summed E-state index contributed by atoms with van der Waals surface area (Å²) in [6.07, 6.45) is 0.212. The molecule has 0 fully saturated rings. The summed E-state index contributed by atoms with van der Waals surface area (Å²) in [7, 11) is 0. The normalized spacial score (nSPS) is 14.1. The average molecular weight is 377 g/mol. The zero-order chi connectivity index (χ0) is 20.2. The summed E-state index contributed by atoms with van der Waals surface area (Å²) in [5, 5.41) is 35.4. The predicted octanol–water partition coefficient (Wildman–Crippen LogP) is 1.40. The van der Waals surface area contributed by atoms with Crippen molar-refractivity contribution in [2.24, 2.45) is 5.41 Å². The number of carboxylic acid groups (broad SMARTS) is 1. The lowest BCUT2D eigenvalue weighted by Crippen LogP contribution is -2.49. The zero-order valence-electron chi connectivity index (χ0n) is 15.8. The summed E-state index contributed by atoms with van der Waals surface area (Å²) in [5.74, 6) is -1.64. The quantitative estimate of drug-likeness (QED) is 0.551. The number of aliphatic carboxylic acids is 1. The smallest absolute Gasteiger partial charge is 0.326 e. The van der Waals surface area contributed by atoms with Gasteiger partial charge in [0.05, 0.1) is 18.2 Å². The number of carbonyl (C=O) groups is 2. The van der Waals surface area contributed by atoms with E-state index in [0.29, 0.717) is 24.8 Å². The van der Waals surface area contributed by atoms with Gasteiger partial charge in [0.2, 0.25) is 0 Å². The molecule has 1 amide bonds. The van der Waals surface area contributed by atoms with Crippen LogP contribution >= 0.6 is 0 Å². The fraction of sp³-hybridized carbons (Fsp3) is 0.526. The van der Waals surface area contributed by atoms with Crippen molar-refractivity contribution in [1.29, 1.82) is 0 Å². The molecule has 2 rings (SSSR count). The second kappa shape index (κ2) is 8.49. The summed E-state index contributed by atoms with van der Waals surface area (Å²) in [6, 6.07) is 6.18. The Labute approximate surface area is 157 Å². The molecule has 0 spiro atoms. The molecule has 148 valence electrons. The van der Waals surface area contributed by atoms with Gasteiger partial charge in [-0.3, -0.25) is 9.48 Å². The molecular weight excluding hydrogens is 350 g/mol. The van der Waals surface area contributed by atoms with Crippen molar-refractivity contribution in [3.8, 4) is 0 Å². The van der Waals surface area contributed by atoms with Gasteiger partial charge < -0.3 is 20.6 Å². The summed E-state index contributed by atoms with van der Waals surface area (Å²) in [5.41, 5.74) is 0.271. The van der Waals surface area contributed by atoms with Crippen LogP contribution in [0.15, 0.2) is 24.3 Å². The van der Waals surface area contributed by atoms with Gasteiger partial charge in [-0.05, 0) is 24.3 Å². The summed E-state index contributed by atoms with van der Waals surface area (Å²) >= 11 is 0. The van der Waals surface area contributed by atoms with Crippen molar-refractivity contribution in [1.82, 2.24) is 15.1 Å². The number of para-hydroxylation sites is 1. The lowest BCUT2D eigenvalue weighted by molar-refractivity contribution is -0.142. The van der Waals surface area contributed by atoms with Crippen LogP contribution in [0, 0.1) is 5.41 Å². The molecule has 0 bridgehead atoms. The van der Waals surface area contributed by atoms with Crippen molar-refractivity contribution in [3.05, 3.63) is 30.0 Å². The van der Waals surface area contributed by atoms with Crippen LogP contribution in [-0.4, -0.2) is 55.7 Å². The SMILES string of the molecule is CC(C)(C)C(NC(=O)c1nn(CCCC(O)CO)c2ccccc12)C(=O)O. The topological polar surface area (TPSA) is 125 Å². The van der Waals surface area contributed by atoms with Gasteiger partial charge in [0.25, 0.3) is 5.91 Å². The van der Waals surface area contributed by atoms with Crippen LogP contribution < -0.4 is 5.32 Å². The number of benzene rings is 1. The number of aryl methyl sites for hydroxylation is 1. The van der Waals surface area contributed by atoms with E-state index in [2.05, 4.69) is 10.4 Å². The number of hydrogen-bond donors (Lipinski definition) is 4. The number of carbonyl (C=O) groups excluding carboxylic acids is 1. The van der Waals surface area contributed by atoms with E-state index in [-0.39, 0.29) is 12.3 Å². The molecule has 8 heteroatoms. The molecule has 2 atom stereocenters. The minimum Gasteiger partial charge on any atom is -0.480 e. The van der Waals surface area contributed by atoms with Crippen molar-refractivity contribution in [3.63, 3.8) is 0 Å². The fourth-order valence-electron chi connectivity index (χ4n) is 2.88. The first kappa shape index (κ1) is 20.9. The first-order valence-corrected chi connectivity index (χ1v) is 8.93. The minimum atomic E-state index is -1.10. The third-order valence-corrected chi connectivity index (χ3v) is 4.38. The number of nitrogens with one attached hydrogen (secondary N) is 1. The zero-order valence-corrected chi connectivity index (χ0v) is 15.8. The highest BCUT2D eigenvalue weighted by molar-refractivity contribution is 6.06. The van der Waals surface area contributed by atoms with Gasteiger partial charge in [0.15, 0.2) is 5.69 Å². The van der Waals surface area contributed by atoms with Gasteiger partial charge in [-0.2, -0.15) is 5.10 Å². The van der Waals surface area contributed by atoms with Crippen molar-refractivity contribution in [2.45, 2.75) is 52.3 Å². The molecule has 4 N–H and O–H groups in total. The van der Waals surface area contributed by atoms with E-state index in [1.165, 1.54) is 0 Å². The second-order valence-corrected chi connectivity index (χ2v) is 7.68. The Bertz CT molecular complexity index is 809. The Kier molecular flexibility index (Phi) is 6.56. The summed E-state index contributed by atoms with van der Waals surface area (Å²) in [6.45, 7) is 5.41. The number of aliphatic hydroxyl groups excluding tert-OH is 2. The molecule has 0 saturated heterocycles. The molecule has 0 aliphatic rings. The number of carboxylic acids is 1. The maximum absolute atomic E-state index is 12.7. The van der Waals surface area contributed by atoms with E-state index in [9.17, 15) is 19.8 Å². The van der Waals surface area contributed by atoms with Crippen molar-refractivity contribution >= 4 is 22.8 Å². The van der Waals surface area contributed by atoms with E-state index in [4.69, 9.17) is 5.11 Å². The van der Waals surface area contributed by atoms with Gasteiger partial charge in [0, 0.05) is 11.9 Å². The van der Waals surface area contributed by atoms with Crippen LogP contribution in [-0.2, 0) is 11.3 Å². The second-order valence-electron chi connectivity index (χ2n) is 7.68. The highest BCUT2D eigenvalue weighted by Crippen LogP contribution is 2.22. The van der Waals surface area contributed by atoms with Crippen LogP contribution in [0.25, 0.3) is 10.9 Å². The van der Waals surface area contributed by atoms with E-state index in [1.54, 1.807) is 37.6 Å². The van der Waals surface area contributed by atoms with Gasteiger partial charge in [-0.15, -0.1) is 0 Å². The molecule has 2 aromatic rings. The Balaban J connectivity index is 2.27. The Morgan fingerprint density at radius 1 is 1.26 bits per heavy atom. The van der Waals surface area contributed by atoms with Crippen molar-refractivity contribution < 1.29 is 24.9 Å². The molecule has 1 heterocycles. The molecule has 1 aromatic heterocycles. The lowest BCUT2D eigenvalue weighted by atomic mass is 9.86. The monoisotopic (exact) mass is 377 g/mol. The highest BCUT2D eigenvalue weighted by Gasteiger charge is 2.33. The van der Waals surface area contributed by atoms with E-state index in [0.717, 1.165) is 5.52 Å². The number of hydrogen-bond acceptors (Lipinski definition) is 5. The minimum absolute atomic E-state index is 0.170. The number of nitrogens with zero attached hydrogens (tertiary/aromatic N) is 2. The molecule has 0 aliphatic carbocycles. The van der Waals surface area contributed by atoms with Crippen LogP contribution in [0.4, 0.5) is 0 Å². The van der Waals surface area contributed by atoms with Gasteiger partial charge >= 0.3 is 5.97 Å². The molecule has 8 nitrogen and oxygen atoms in total. The van der Waals surface area contributed by atoms with E-state index < -0.39 is 29.4 Å². The Morgan fingerprint density at radius 3 is 2.52 bits per heavy atom. The maximum atomic E-state index is 12.7. The fourth-order valence-corrected chi connectivity index (χ4v) is 2.88. The van der Waals surface area contributed by atoms with Crippen molar-refractivity contribution in [2.75, 3.05) is 6.61 Å². The maximum Gasteiger partial charge on any atom is 0.326 e. The highest BCUT2D eigenvalue weighted by atomic mass is 16.4. The number of aliphatic hydroxyl groups is 2. The van der Waals surface area contributed by atoms with Crippen LogP contribution in [0.2, 0.25) is 0 Å². The number of fused-ring (bicyclic) bond motifs is 1. The molecule has 0 radical (unpaired) electrons. The molecular formula is C19H27N3O5. The lowest BCUT2D eigenvalue weighted by Gasteiger charge is -2.27. The summed E-state index contributed by atoms with van der Waals surface area (Å²) < 4.78 is 1.67. The van der Waals surface area contributed by atoms with Gasteiger partial charge in [-0.1, -0.05) is 39.0 Å². The standard InChI is InChI=1S/C19H27N3O5/c1-19(2,3)16(18(26)27)20-17(25)15-13-8-4-5-9-14(13)22(21-15)10-6-7-12(24)11-23/h4-5,8-9,12,16,23-24H,6-7,10-11H2,1-3H3,(H,20,25)(H,26,27). The van der Waals surface area contributed by atoms with E-state index in [1.807, 2.05) is 12.1 Å². The number of aromatic nitrogens is 2. The molecule has 1 aromatic carbocycles. The van der Waals surface area contributed by atoms with Gasteiger partial charge in [-0.25, -0.2) is 4.79 Å². The first-order chi connectivity index (χ1) is 12.6. The summed E-state index contributed by atoms with van der Waals surface area (Å²) in [4.78, 5) is 24.3. The Hall–Kier alpha value is -2.45.